The second-order valence-electron chi connectivity index (χ2n) is 7.67. The van der Waals surface area contributed by atoms with E-state index in [4.69, 9.17) is 9.84 Å². The molecule has 7 heteroatoms. The van der Waals surface area contributed by atoms with Crippen molar-refractivity contribution >= 4 is 23.8 Å². The van der Waals surface area contributed by atoms with E-state index in [0.717, 1.165) is 37.1 Å². The molecule has 0 aromatic heterocycles. The lowest BCUT2D eigenvalue weighted by Crippen LogP contribution is -2.45. The molecule has 1 amide bonds. The molecule has 0 spiro atoms. The lowest BCUT2D eigenvalue weighted by Gasteiger charge is -2.27. The Morgan fingerprint density at radius 1 is 1.32 bits per heavy atom. The number of rotatable bonds is 11. The molecule has 0 unspecified atom stereocenters. The van der Waals surface area contributed by atoms with Crippen molar-refractivity contribution in [3.8, 4) is 0 Å². The molecule has 0 radical (unpaired) electrons. The summed E-state index contributed by atoms with van der Waals surface area (Å²) in [7, 11) is 0. The van der Waals surface area contributed by atoms with E-state index in [1.165, 1.54) is 11.8 Å². The van der Waals surface area contributed by atoms with Gasteiger partial charge >= 0.3 is 12.1 Å². The molecule has 2 rings (SSSR count). The minimum atomic E-state index is -0.781. The lowest BCUT2D eigenvalue weighted by molar-refractivity contribution is -0.133. The molecular formula is C21H32N2O4S. The molecule has 1 fully saturated rings. The molecule has 156 valence electrons. The number of benzene rings is 1. The van der Waals surface area contributed by atoms with Crippen molar-refractivity contribution in [1.82, 2.24) is 10.2 Å². The normalized spacial score (nSPS) is 17.7. The molecule has 1 aromatic rings. The number of likely N-dealkylation sites (tertiary alicyclic amines) is 1. The summed E-state index contributed by atoms with van der Waals surface area (Å²) >= 11 is 1.44. The molecule has 1 aliphatic rings. The van der Waals surface area contributed by atoms with Crippen LogP contribution < -0.4 is 5.32 Å². The highest BCUT2D eigenvalue weighted by Crippen LogP contribution is 2.19. The molecule has 0 saturated carbocycles. The second kappa shape index (κ2) is 12.0. The van der Waals surface area contributed by atoms with Gasteiger partial charge in [-0.15, -0.1) is 11.8 Å². The maximum Gasteiger partial charge on any atom is 0.410 e. The summed E-state index contributed by atoms with van der Waals surface area (Å²) in [6.07, 6.45) is 2.67. The van der Waals surface area contributed by atoms with E-state index in [9.17, 15) is 9.59 Å². The first-order valence-corrected chi connectivity index (χ1v) is 11.1. The molecule has 6 nitrogen and oxygen atoms in total. The van der Waals surface area contributed by atoms with Crippen molar-refractivity contribution in [2.75, 3.05) is 24.6 Å². The summed E-state index contributed by atoms with van der Waals surface area (Å²) in [6.45, 7) is 6.06. The molecule has 2 N–H and O–H groups in total. The van der Waals surface area contributed by atoms with Gasteiger partial charge in [-0.25, -0.2) is 4.79 Å². The van der Waals surface area contributed by atoms with Gasteiger partial charge in [0.1, 0.15) is 6.61 Å². The molecule has 1 heterocycles. The number of carbonyl (C=O) groups is 2. The van der Waals surface area contributed by atoms with Gasteiger partial charge in [-0.2, -0.15) is 0 Å². The number of nitrogens with zero attached hydrogens (tertiary/aromatic N) is 1. The van der Waals surface area contributed by atoms with Crippen LogP contribution in [0.2, 0.25) is 0 Å². The number of amides is 1. The number of nitrogens with one attached hydrogen (secondary N) is 1. The van der Waals surface area contributed by atoms with Crippen molar-refractivity contribution in [1.29, 1.82) is 0 Å². The first-order valence-electron chi connectivity index (χ1n) is 9.96. The zero-order valence-corrected chi connectivity index (χ0v) is 17.6. The van der Waals surface area contributed by atoms with Crippen LogP contribution in [-0.2, 0) is 16.1 Å². The topological polar surface area (TPSA) is 78.9 Å². The number of carboxylic acid groups (broad SMARTS) is 1. The number of thioether (sulfide) groups is 1. The molecule has 1 aliphatic heterocycles. The monoisotopic (exact) mass is 408 g/mol. The highest BCUT2D eigenvalue weighted by atomic mass is 32.2. The minimum Gasteiger partial charge on any atom is -0.481 e. The first-order chi connectivity index (χ1) is 13.5. The van der Waals surface area contributed by atoms with Crippen LogP contribution in [-0.4, -0.2) is 58.7 Å². The number of hydrogen-bond acceptors (Lipinski definition) is 5. The third-order valence-electron chi connectivity index (χ3n) is 4.76. The highest BCUT2D eigenvalue weighted by molar-refractivity contribution is 7.99. The summed E-state index contributed by atoms with van der Waals surface area (Å²) in [5.41, 5.74) is 0.983. The molecule has 0 bridgehead atoms. The van der Waals surface area contributed by atoms with Crippen molar-refractivity contribution in [2.24, 2.45) is 5.92 Å². The maximum absolute atomic E-state index is 12.5. The van der Waals surface area contributed by atoms with Crippen molar-refractivity contribution in [3.63, 3.8) is 0 Å². The SMILES string of the molecule is CC(C)C[C@@H](CSCC(=O)O)NC[C@H]1CCCN1C(=O)OCc1ccccc1. The molecular weight excluding hydrogens is 376 g/mol. The zero-order valence-electron chi connectivity index (χ0n) is 16.8. The maximum atomic E-state index is 12.5. The van der Waals surface area contributed by atoms with Crippen LogP contribution in [0.5, 0.6) is 0 Å². The van der Waals surface area contributed by atoms with E-state index in [0.29, 0.717) is 12.5 Å². The van der Waals surface area contributed by atoms with E-state index in [2.05, 4.69) is 19.2 Å². The van der Waals surface area contributed by atoms with E-state index >= 15 is 0 Å². The Hall–Kier alpha value is -1.73. The smallest absolute Gasteiger partial charge is 0.410 e. The zero-order chi connectivity index (χ0) is 20.4. The van der Waals surface area contributed by atoms with Crippen LogP contribution in [0.1, 0.15) is 38.7 Å². The van der Waals surface area contributed by atoms with Gasteiger partial charge in [0.25, 0.3) is 0 Å². The van der Waals surface area contributed by atoms with E-state index in [1.54, 1.807) is 0 Å². The average Bonchev–Trinajstić information content (AvgIpc) is 3.13. The third kappa shape index (κ3) is 8.10. The van der Waals surface area contributed by atoms with E-state index < -0.39 is 5.97 Å². The molecule has 2 atom stereocenters. The van der Waals surface area contributed by atoms with Gasteiger partial charge in [-0.05, 0) is 30.7 Å². The summed E-state index contributed by atoms with van der Waals surface area (Å²) < 4.78 is 5.49. The van der Waals surface area contributed by atoms with Gasteiger partial charge in [0.15, 0.2) is 0 Å². The largest absolute Gasteiger partial charge is 0.481 e. The first kappa shape index (κ1) is 22.6. The Balaban J connectivity index is 1.81. The predicted octanol–water partition coefficient (Wildman–Crippen LogP) is 3.61. The average molecular weight is 409 g/mol. The van der Waals surface area contributed by atoms with Crippen molar-refractivity contribution in [3.05, 3.63) is 35.9 Å². The Labute approximate surface area is 172 Å². The van der Waals surface area contributed by atoms with Gasteiger partial charge in [-0.3, -0.25) is 4.79 Å². The number of aliphatic carboxylic acids is 1. The van der Waals surface area contributed by atoms with Gasteiger partial charge in [-0.1, -0.05) is 44.2 Å². The van der Waals surface area contributed by atoms with Gasteiger partial charge in [0.2, 0.25) is 0 Å². The van der Waals surface area contributed by atoms with Gasteiger partial charge < -0.3 is 20.1 Å². The minimum absolute atomic E-state index is 0.123. The Morgan fingerprint density at radius 3 is 2.75 bits per heavy atom. The second-order valence-corrected chi connectivity index (χ2v) is 8.70. The Morgan fingerprint density at radius 2 is 2.07 bits per heavy atom. The molecule has 1 aromatic carbocycles. The number of carbonyl (C=O) groups excluding carboxylic acids is 1. The number of hydrogen-bond donors (Lipinski definition) is 2. The fourth-order valence-electron chi connectivity index (χ4n) is 3.46. The Kier molecular flexibility index (Phi) is 9.64. The fourth-order valence-corrected chi connectivity index (χ4v) is 4.29. The highest BCUT2D eigenvalue weighted by Gasteiger charge is 2.30. The summed E-state index contributed by atoms with van der Waals surface area (Å²) in [4.78, 5) is 25.1. The predicted molar refractivity (Wildman–Crippen MR) is 113 cm³/mol. The molecule has 1 saturated heterocycles. The van der Waals surface area contributed by atoms with Crippen LogP contribution >= 0.6 is 11.8 Å². The summed E-state index contributed by atoms with van der Waals surface area (Å²) in [5, 5.41) is 12.4. The van der Waals surface area contributed by atoms with Crippen molar-refractivity contribution in [2.45, 2.75) is 51.8 Å². The van der Waals surface area contributed by atoms with Gasteiger partial charge in [0.05, 0.1) is 5.75 Å². The quantitative estimate of drug-likeness (QED) is 0.582. The van der Waals surface area contributed by atoms with Crippen LogP contribution in [0.3, 0.4) is 0 Å². The Bertz CT molecular complexity index is 612. The fraction of sp³-hybridized carbons (Fsp3) is 0.619. The summed E-state index contributed by atoms with van der Waals surface area (Å²) in [6, 6.07) is 10.1. The summed E-state index contributed by atoms with van der Waals surface area (Å²) in [5.74, 6) is 0.627. The number of ether oxygens (including phenoxy) is 1. The molecule has 28 heavy (non-hydrogen) atoms. The molecule has 0 aliphatic carbocycles. The van der Waals surface area contributed by atoms with Crippen LogP contribution in [0.4, 0.5) is 4.79 Å². The van der Waals surface area contributed by atoms with Crippen molar-refractivity contribution < 1.29 is 19.4 Å². The standard InChI is InChI=1S/C21H32N2O4S/c1-16(2)11-18(14-28-15-20(24)25)22-12-19-9-6-10-23(19)21(26)27-13-17-7-4-3-5-8-17/h3-5,7-8,16,18-19,22H,6,9-15H2,1-2H3,(H,24,25)/t18-,19+/m0/s1. The van der Waals surface area contributed by atoms with E-state index in [1.807, 2.05) is 35.2 Å². The van der Waals surface area contributed by atoms with E-state index in [-0.39, 0.29) is 30.5 Å². The number of carboxylic acids is 1. The van der Waals surface area contributed by atoms with Crippen LogP contribution in [0.15, 0.2) is 30.3 Å². The van der Waals surface area contributed by atoms with Crippen LogP contribution in [0, 0.1) is 5.92 Å². The van der Waals surface area contributed by atoms with Gasteiger partial charge in [0, 0.05) is 30.9 Å². The van der Waals surface area contributed by atoms with Crippen LogP contribution in [0.25, 0.3) is 0 Å². The third-order valence-corrected chi connectivity index (χ3v) is 5.85. The lowest BCUT2D eigenvalue weighted by atomic mass is 10.0.